The van der Waals surface area contributed by atoms with E-state index >= 15 is 0 Å². The molecule has 2 heterocycles. The molecule has 132 valence electrons. The van der Waals surface area contributed by atoms with Crippen LogP contribution in [0.3, 0.4) is 0 Å². The van der Waals surface area contributed by atoms with Crippen LogP contribution in [0.15, 0.2) is 42.9 Å². The van der Waals surface area contributed by atoms with Gasteiger partial charge in [0.2, 0.25) is 0 Å². The van der Waals surface area contributed by atoms with Crippen LogP contribution >= 0.6 is 0 Å². The molecule has 2 aromatic heterocycles. The van der Waals surface area contributed by atoms with Gasteiger partial charge in [-0.3, -0.25) is 14.6 Å². The smallest absolute Gasteiger partial charge is 0.104 e. The number of nitrogens with zero attached hydrogens (tertiary/aromatic N) is 5. The van der Waals surface area contributed by atoms with E-state index in [1.807, 2.05) is 48.3 Å². The Kier molecular flexibility index (Phi) is 5.73. The van der Waals surface area contributed by atoms with E-state index in [0.717, 1.165) is 54.8 Å². The largest absolute Gasteiger partial charge is 0.379 e. The van der Waals surface area contributed by atoms with E-state index in [2.05, 4.69) is 26.9 Å². The molecule has 0 aliphatic heterocycles. The number of aryl methyl sites for hydroxylation is 1. The summed E-state index contributed by atoms with van der Waals surface area (Å²) in [5.74, 6) is 0. The van der Waals surface area contributed by atoms with Gasteiger partial charge >= 0.3 is 0 Å². The molecular weight excluding hydrogens is 314 g/mol. The van der Waals surface area contributed by atoms with Gasteiger partial charge in [0, 0.05) is 31.4 Å². The summed E-state index contributed by atoms with van der Waals surface area (Å²) in [4.78, 5) is 11.2. The predicted molar refractivity (Wildman–Crippen MR) is 98.9 cm³/mol. The molecule has 3 rings (SSSR count). The minimum Gasteiger partial charge on any atom is -0.379 e. The molecule has 3 aromatic rings. The first kappa shape index (κ1) is 17.5. The molecule has 1 unspecified atom stereocenters. The molecule has 0 aliphatic carbocycles. The molecule has 0 amide bonds. The second-order valence-corrected chi connectivity index (χ2v) is 6.26. The Morgan fingerprint density at radius 3 is 2.72 bits per heavy atom. The highest BCUT2D eigenvalue weighted by atomic mass is 16.3. The minimum absolute atomic E-state index is 0.402. The first-order valence-electron chi connectivity index (χ1n) is 8.84. The molecular formula is C19H25N5O. The van der Waals surface area contributed by atoms with E-state index in [0.29, 0.717) is 0 Å². The quantitative estimate of drug-likeness (QED) is 0.639. The first-order chi connectivity index (χ1) is 12.2. The average molecular weight is 339 g/mol. The molecule has 1 atom stereocenters. The Balaban J connectivity index is 1.63. The van der Waals surface area contributed by atoms with Crippen LogP contribution in [0.25, 0.3) is 22.3 Å². The van der Waals surface area contributed by atoms with Gasteiger partial charge in [0.1, 0.15) is 6.23 Å². The summed E-state index contributed by atoms with van der Waals surface area (Å²) in [5, 5.41) is 14.2. The predicted octanol–water partition coefficient (Wildman–Crippen LogP) is 2.93. The third-order valence-corrected chi connectivity index (χ3v) is 4.25. The number of fused-ring (bicyclic) bond motifs is 1. The Bertz CT molecular complexity index is 814. The van der Waals surface area contributed by atoms with Crippen LogP contribution < -0.4 is 0 Å². The van der Waals surface area contributed by atoms with Crippen molar-refractivity contribution in [2.75, 3.05) is 13.1 Å². The fourth-order valence-corrected chi connectivity index (χ4v) is 2.92. The van der Waals surface area contributed by atoms with Gasteiger partial charge in [0.25, 0.3) is 0 Å². The van der Waals surface area contributed by atoms with Crippen molar-refractivity contribution in [2.45, 2.75) is 39.5 Å². The highest BCUT2D eigenvalue weighted by Gasteiger charge is 2.10. The molecule has 0 radical (unpaired) electrons. The molecule has 25 heavy (non-hydrogen) atoms. The van der Waals surface area contributed by atoms with Crippen LogP contribution in [0.1, 0.15) is 26.7 Å². The summed E-state index contributed by atoms with van der Waals surface area (Å²) < 4.78 is 1.93. The number of hydrogen-bond donors (Lipinski definition) is 1. The summed E-state index contributed by atoms with van der Waals surface area (Å²) in [6.45, 7) is 6.53. The summed E-state index contributed by atoms with van der Waals surface area (Å²) in [6.07, 6.45) is 7.20. The lowest BCUT2D eigenvalue weighted by molar-refractivity contribution is 0.0171. The van der Waals surface area contributed by atoms with Gasteiger partial charge in [-0.15, -0.1) is 0 Å². The average Bonchev–Trinajstić information content (AvgIpc) is 3.09. The van der Waals surface area contributed by atoms with Gasteiger partial charge in [0.15, 0.2) is 0 Å². The van der Waals surface area contributed by atoms with E-state index in [-0.39, 0.29) is 0 Å². The maximum atomic E-state index is 9.77. The van der Waals surface area contributed by atoms with Crippen molar-refractivity contribution in [3.05, 3.63) is 42.9 Å². The van der Waals surface area contributed by atoms with Crippen molar-refractivity contribution < 1.29 is 5.11 Å². The van der Waals surface area contributed by atoms with E-state index in [1.165, 1.54) is 0 Å². The van der Waals surface area contributed by atoms with E-state index in [4.69, 9.17) is 0 Å². The maximum absolute atomic E-state index is 9.77. The molecule has 0 spiro atoms. The zero-order valence-electron chi connectivity index (χ0n) is 14.8. The van der Waals surface area contributed by atoms with Crippen molar-refractivity contribution in [2.24, 2.45) is 0 Å². The van der Waals surface area contributed by atoms with Crippen LogP contribution in [0, 0.1) is 0 Å². The maximum Gasteiger partial charge on any atom is 0.104 e. The minimum atomic E-state index is -0.402. The topological polar surface area (TPSA) is 67.1 Å². The Morgan fingerprint density at radius 1 is 1.16 bits per heavy atom. The monoisotopic (exact) mass is 339 g/mol. The van der Waals surface area contributed by atoms with Crippen LogP contribution in [-0.2, 0) is 6.54 Å². The SMILES string of the molecule is CCCN(CCCn1cc(-c2cnc3ccccc3n2)cn1)C(C)O. The summed E-state index contributed by atoms with van der Waals surface area (Å²) in [5.41, 5.74) is 3.59. The number of benzene rings is 1. The molecule has 0 bridgehead atoms. The molecule has 6 heteroatoms. The lowest BCUT2D eigenvalue weighted by Gasteiger charge is -2.24. The van der Waals surface area contributed by atoms with E-state index in [1.54, 1.807) is 6.20 Å². The van der Waals surface area contributed by atoms with Gasteiger partial charge in [0.05, 0.1) is 29.1 Å². The number of rotatable bonds is 8. The van der Waals surface area contributed by atoms with Crippen molar-refractivity contribution in [1.82, 2.24) is 24.6 Å². The van der Waals surface area contributed by atoms with Crippen molar-refractivity contribution in [3.63, 3.8) is 0 Å². The number of aliphatic hydroxyl groups excluding tert-OH is 1. The van der Waals surface area contributed by atoms with Gasteiger partial charge in [-0.05, 0) is 31.9 Å². The summed E-state index contributed by atoms with van der Waals surface area (Å²) in [7, 11) is 0. The van der Waals surface area contributed by atoms with Gasteiger partial charge in [-0.2, -0.15) is 5.10 Å². The third-order valence-electron chi connectivity index (χ3n) is 4.25. The molecule has 0 saturated heterocycles. The molecule has 6 nitrogen and oxygen atoms in total. The van der Waals surface area contributed by atoms with Gasteiger partial charge in [-0.25, -0.2) is 4.98 Å². The number of aromatic nitrogens is 4. The first-order valence-corrected chi connectivity index (χ1v) is 8.84. The Hall–Kier alpha value is -2.31. The number of para-hydroxylation sites is 2. The second kappa shape index (κ2) is 8.18. The van der Waals surface area contributed by atoms with Crippen molar-refractivity contribution in [1.29, 1.82) is 0 Å². The highest BCUT2D eigenvalue weighted by Crippen LogP contribution is 2.18. The Labute approximate surface area is 148 Å². The third kappa shape index (κ3) is 4.41. The van der Waals surface area contributed by atoms with Crippen molar-refractivity contribution >= 4 is 11.0 Å². The Morgan fingerprint density at radius 2 is 1.96 bits per heavy atom. The van der Waals surface area contributed by atoms with Crippen molar-refractivity contribution in [3.8, 4) is 11.3 Å². The van der Waals surface area contributed by atoms with E-state index < -0.39 is 6.23 Å². The molecule has 1 N–H and O–H groups in total. The highest BCUT2D eigenvalue weighted by molar-refractivity contribution is 5.76. The second-order valence-electron chi connectivity index (χ2n) is 6.26. The summed E-state index contributed by atoms with van der Waals surface area (Å²) >= 11 is 0. The standard InChI is InChI=1S/C19H25N5O/c1-3-9-23(15(2)25)10-6-11-24-14-16(12-21-24)19-13-20-17-7-4-5-8-18(17)22-19/h4-5,7-8,12-15,25H,3,6,9-11H2,1-2H3. The van der Waals surface area contributed by atoms with Gasteiger partial charge in [-0.1, -0.05) is 19.1 Å². The van der Waals surface area contributed by atoms with Crippen LogP contribution in [0.2, 0.25) is 0 Å². The van der Waals surface area contributed by atoms with Crippen LogP contribution in [0.4, 0.5) is 0 Å². The lowest BCUT2D eigenvalue weighted by atomic mass is 10.2. The zero-order valence-corrected chi connectivity index (χ0v) is 14.8. The van der Waals surface area contributed by atoms with E-state index in [9.17, 15) is 5.11 Å². The normalized spacial score (nSPS) is 12.8. The molecule has 0 aliphatic rings. The lowest BCUT2D eigenvalue weighted by Crippen LogP contribution is -2.34. The fraction of sp³-hybridized carbons (Fsp3) is 0.421. The molecule has 1 aromatic carbocycles. The van der Waals surface area contributed by atoms with Crippen LogP contribution in [-0.4, -0.2) is 49.1 Å². The molecule has 0 fully saturated rings. The summed E-state index contributed by atoms with van der Waals surface area (Å²) in [6, 6.07) is 7.85. The van der Waals surface area contributed by atoms with Crippen LogP contribution in [0.5, 0.6) is 0 Å². The molecule has 0 saturated carbocycles. The number of hydrogen-bond acceptors (Lipinski definition) is 5. The van der Waals surface area contributed by atoms with Gasteiger partial charge < -0.3 is 5.11 Å². The fourth-order valence-electron chi connectivity index (χ4n) is 2.92. The number of aliphatic hydroxyl groups is 1. The zero-order chi connectivity index (χ0) is 17.6.